The molecule has 30 heavy (non-hydrogen) atoms. The van der Waals surface area contributed by atoms with Crippen LogP contribution in [0, 0.1) is 13.8 Å². The molecule has 1 aromatic heterocycles. The normalized spacial score (nSPS) is 17.2. The third kappa shape index (κ3) is 4.90. The number of hydrogen-bond acceptors (Lipinski definition) is 4. The zero-order valence-corrected chi connectivity index (χ0v) is 17.9. The number of hydrogen-bond donors (Lipinski definition) is 1. The van der Waals surface area contributed by atoms with E-state index >= 15 is 0 Å². The quantitative estimate of drug-likeness (QED) is 0.758. The summed E-state index contributed by atoms with van der Waals surface area (Å²) in [5, 5.41) is 7.71. The van der Waals surface area contributed by atoms with Crippen molar-refractivity contribution in [2.24, 2.45) is 0 Å². The van der Waals surface area contributed by atoms with Crippen molar-refractivity contribution in [3.05, 3.63) is 47.3 Å². The molecule has 1 aliphatic heterocycles. The lowest BCUT2D eigenvalue weighted by Crippen LogP contribution is -2.51. The second kappa shape index (κ2) is 9.00. The van der Waals surface area contributed by atoms with Crippen LogP contribution in [0.3, 0.4) is 0 Å². The Kier molecular flexibility index (Phi) is 6.18. The predicted octanol–water partition coefficient (Wildman–Crippen LogP) is 1.84. The van der Waals surface area contributed by atoms with Crippen molar-refractivity contribution < 1.29 is 9.59 Å². The minimum atomic E-state index is 0.110. The molecule has 0 spiro atoms. The van der Waals surface area contributed by atoms with Crippen LogP contribution in [0.5, 0.6) is 0 Å². The lowest BCUT2D eigenvalue weighted by Gasteiger charge is -2.34. The molecule has 1 N–H and O–H groups in total. The van der Waals surface area contributed by atoms with Gasteiger partial charge in [0, 0.05) is 44.3 Å². The molecular formula is C23H31N5O2. The van der Waals surface area contributed by atoms with Crippen LogP contribution >= 0.6 is 0 Å². The Bertz CT molecular complexity index is 896. The first-order chi connectivity index (χ1) is 14.5. The highest BCUT2D eigenvalue weighted by Gasteiger charge is 2.26. The number of amides is 2. The molecular weight excluding hydrogens is 378 g/mol. The zero-order chi connectivity index (χ0) is 21.1. The fourth-order valence-electron chi connectivity index (χ4n) is 4.11. The SMILES string of the molecule is Cc1nn(-c2ccccc2)c(C)c1CCC(=O)N1CCN(CC(=O)NC2CC2)CC1. The highest BCUT2D eigenvalue weighted by atomic mass is 16.2. The van der Waals surface area contributed by atoms with Gasteiger partial charge in [-0.25, -0.2) is 4.68 Å². The molecule has 1 saturated heterocycles. The molecule has 0 bridgehead atoms. The maximum absolute atomic E-state index is 12.8. The first kappa shape index (κ1) is 20.6. The second-order valence-electron chi connectivity index (χ2n) is 8.40. The van der Waals surface area contributed by atoms with Gasteiger partial charge in [0.25, 0.3) is 0 Å². The van der Waals surface area contributed by atoms with Crippen LogP contribution in [0.1, 0.15) is 36.2 Å². The molecule has 0 radical (unpaired) electrons. The van der Waals surface area contributed by atoms with Crippen molar-refractivity contribution in [2.75, 3.05) is 32.7 Å². The first-order valence-electron chi connectivity index (χ1n) is 10.9. The summed E-state index contributed by atoms with van der Waals surface area (Å²) in [5.41, 5.74) is 4.27. The van der Waals surface area contributed by atoms with Gasteiger partial charge in [-0.2, -0.15) is 5.10 Å². The molecule has 160 valence electrons. The molecule has 2 fully saturated rings. The first-order valence-corrected chi connectivity index (χ1v) is 10.9. The van der Waals surface area contributed by atoms with Gasteiger partial charge >= 0.3 is 0 Å². The van der Waals surface area contributed by atoms with Crippen LogP contribution in [-0.4, -0.2) is 70.2 Å². The molecule has 0 atom stereocenters. The fourth-order valence-corrected chi connectivity index (χ4v) is 4.11. The lowest BCUT2D eigenvalue weighted by atomic mass is 10.1. The number of aromatic nitrogens is 2. The van der Waals surface area contributed by atoms with E-state index in [4.69, 9.17) is 0 Å². The third-order valence-corrected chi connectivity index (χ3v) is 6.07. The zero-order valence-electron chi connectivity index (χ0n) is 17.9. The average molecular weight is 410 g/mol. The summed E-state index contributed by atoms with van der Waals surface area (Å²) < 4.78 is 1.96. The van der Waals surface area contributed by atoms with Gasteiger partial charge in [0.1, 0.15) is 0 Å². The number of rotatable bonds is 7. The average Bonchev–Trinajstić information content (AvgIpc) is 3.51. The lowest BCUT2D eigenvalue weighted by molar-refractivity contribution is -0.133. The molecule has 7 heteroatoms. The molecule has 2 aromatic rings. The van der Waals surface area contributed by atoms with Crippen molar-refractivity contribution in [3.8, 4) is 5.69 Å². The summed E-state index contributed by atoms with van der Waals surface area (Å²) in [6.45, 7) is 7.42. The van der Waals surface area contributed by atoms with Crippen LogP contribution in [-0.2, 0) is 16.0 Å². The van der Waals surface area contributed by atoms with Gasteiger partial charge in [-0.15, -0.1) is 0 Å². The maximum atomic E-state index is 12.8. The number of carbonyl (C=O) groups is 2. The van der Waals surface area contributed by atoms with E-state index in [-0.39, 0.29) is 11.8 Å². The standard InChI is InChI=1S/C23H31N5O2/c1-17-21(18(2)28(25-17)20-6-4-3-5-7-20)10-11-23(30)27-14-12-26(13-15-27)16-22(29)24-19-8-9-19/h3-7,19H,8-16H2,1-2H3,(H,24,29). The van der Waals surface area contributed by atoms with Gasteiger partial charge in [-0.3, -0.25) is 14.5 Å². The summed E-state index contributed by atoms with van der Waals surface area (Å²) in [6.07, 6.45) is 3.41. The van der Waals surface area contributed by atoms with Gasteiger partial charge in [0.2, 0.25) is 11.8 Å². The summed E-state index contributed by atoms with van der Waals surface area (Å²) >= 11 is 0. The Balaban J connectivity index is 1.27. The third-order valence-electron chi connectivity index (χ3n) is 6.07. The van der Waals surface area contributed by atoms with Crippen molar-refractivity contribution in [3.63, 3.8) is 0 Å². The topological polar surface area (TPSA) is 70.5 Å². The molecule has 4 rings (SSSR count). The Labute approximate surface area is 178 Å². The summed E-state index contributed by atoms with van der Waals surface area (Å²) in [7, 11) is 0. The van der Waals surface area contributed by atoms with Gasteiger partial charge in [-0.05, 0) is 50.8 Å². The van der Waals surface area contributed by atoms with E-state index in [0.29, 0.717) is 38.5 Å². The van der Waals surface area contributed by atoms with Crippen molar-refractivity contribution in [2.45, 2.75) is 45.6 Å². The van der Waals surface area contributed by atoms with E-state index < -0.39 is 0 Å². The highest BCUT2D eigenvalue weighted by molar-refractivity contribution is 5.79. The fraction of sp³-hybridized carbons (Fsp3) is 0.522. The number of nitrogens with one attached hydrogen (secondary N) is 1. The largest absolute Gasteiger partial charge is 0.352 e. The number of nitrogens with zero attached hydrogens (tertiary/aromatic N) is 4. The molecule has 2 aliphatic rings. The minimum absolute atomic E-state index is 0.110. The van der Waals surface area contributed by atoms with Crippen molar-refractivity contribution in [1.29, 1.82) is 0 Å². The predicted molar refractivity (Wildman–Crippen MR) is 116 cm³/mol. The van der Waals surface area contributed by atoms with Crippen molar-refractivity contribution in [1.82, 2.24) is 24.9 Å². The van der Waals surface area contributed by atoms with Crippen molar-refractivity contribution >= 4 is 11.8 Å². The maximum Gasteiger partial charge on any atom is 0.234 e. The molecule has 1 aromatic carbocycles. The monoisotopic (exact) mass is 409 g/mol. The highest BCUT2D eigenvalue weighted by Crippen LogP contribution is 2.20. The van der Waals surface area contributed by atoms with Crippen LogP contribution in [0.25, 0.3) is 5.69 Å². The van der Waals surface area contributed by atoms with Gasteiger partial charge in [0.05, 0.1) is 17.9 Å². The number of piperazine rings is 1. The molecule has 1 aliphatic carbocycles. The Morgan fingerprint density at radius 1 is 1.07 bits per heavy atom. The van der Waals surface area contributed by atoms with Crippen LogP contribution in [0.2, 0.25) is 0 Å². The van der Waals surface area contributed by atoms with Crippen LogP contribution in [0.15, 0.2) is 30.3 Å². The smallest absolute Gasteiger partial charge is 0.234 e. The van der Waals surface area contributed by atoms with E-state index in [1.54, 1.807) is 0 Å². The van der Waals surface area contributed by atoms with E-state index in [9.17, 15) is 9.59 Å². The van der Waals surface area contributed by atoms with Crippen LogP contribution < -0.4 is 5.32 Å². The van der Waals surface area contributed by atoms with Gasteiger partial charge < -0.3 is 10.2 Å². The molecule has 2 heterocycles. The van der Waals surface area contributed by atoms with E-state index in [1.807, 2.05) is 46.8 Å². The number of carbonyl (C=O) groups excluding carboxylic acids is 2. The Morgan fingerprint density at radius 2 is 1.77 bits per heavy atom. The van der Waals surface area contributed by atoms with Gasteiger partial charge in [0.15, 0.2) is 0 Å². The summed E-state index contributed by atoms with van der Waals surface area (Å²) in [4.78, 5) is 28.8. The van der Waals surface area contributed by atoms with Crippen LogP contribution in [0.4, 0.5) is 0 Å². The van der Waals surface area contributed by atoms with E-state index in [1.165, 1.54) is 0 Å². The Hall–Kier alpha value is -2.67. The second-order valence-corrected chi connectivity index (χ2v) is 8.40. The van der Waals surface area contributed by atoms with E-state index in [2.05, 4.69) is 22.2 Å². The molecule has 0 unspecified atom stereocenters. The summed E-state index contributed by atoms with van der Waals surface area (Å²) in [5.74, 6) is 0.294. The van der Waals surface area contributed by atoms with E-state index in [0.717, 1.165) is 48.6 Å². The summed E-state index contributed by atoms with van der Waals surface area (Å²) in [6, 6.07) is 10.5. The number of para-hydroxylation sites is 1. The molecule has 2 amide bonds. The molecule has 7 nitrogen and oxygen atoms in total. The number of benzene rings is 1. The molecule has 1 saturated carbocycles. The number of aryl methyl sites for hydroxylation is 1. The van der Waals surface area contributed by atoms with Gasteiger partial charge in [-0.1, -0.05) is 18.2 Å². The Morgan fingerprint density at radius 3 is 2.43 bits per heavy atom. The minimum Gasteiger partial charge on any atom is -0.352 e.